The highest BCUT2D eigenvalue weighted by Gasteiger charge is 2.13. The molecule has 2 aromatic carbocycles. The summed E-state index contributed by atoms with van der Waals surface area (Å²) in [5.41, 5.74) is 0.638. The Kier molecular flexibility index (Phi) is 4.71. The molecule has 0 saturated carbocycles. The second kappa shape index (κ2) is 6.92. The second-order valence-electron chi connectivity index (χ2n) is 4.80. The van der Waals surface area contributed by atoms with Crippen molar-refractivity contribution >= 4 is 22.7 Å². The molecule has 0 N–H and O–H groups in total. The zero-order valence-electron chi connectivity index (χ0n) is 13.4. The maximum atomic E-state index is 13.9. The predicted octanol–water partition coefficient (Wildman–Crippen LogP) is 4.30. The fourth-order valence-electron chi connectivity index (χ4n) is 2.26. The molecule has 0 spiro atoms. The van der Waals surface area contributed by atoms with Crippen molar-refractivity contribution in [2.75, 3.05) is 20.5 Å². The molecule has 24 heavy (non-hydrogen) atoms. The average Bonchev–Trinajstić information content (AvgIpc) is 2.61. The molecule has 0 atom stereocenters. The van der Waals surface area contributed by atoms with E-state index in [9.17, 15) is 4.39 Å². The summed E-state index contributed by atoms with van der Waals surface area (Å²) in [5.74, 6) is 1.44. The molecule has 0 saturated heterocycles. The van der Waals surface area contributed by atoms with E-state index in [1.165, 1.54) is 24.2 Å². The van der Waals surface area contributed by atoms with E-state index in [4.69, 9.17) is 14.2 Å². The van der Waals surface area contributed by atoms with E-state index in [2.05, 4.69) is 9.97 Å². The normalized spacial score (nSPS) is 10.7. The number of methoxy groups -OCH3 is 2. The number of ether oxygens (including phenoxy) is 3. The molecule has 0 aliphatic rings. The SMILES string of the molecule is COc1cc2ncnc(Oc3ccc(SC)c(F)c3)c2cc1OC. The molecular weight excluding hydrogens is 331 g/mol. The minimum Gasteiger partial charge on any atom is -0.493 e. The van der Waals surface area contributed by atoms with Crippen molar-refractivity contribution in [3.8, 4) is 23.1 Å². The predicted molar refractivity (Wildman–Crippen MR) is 90.9 cm³/mol. The number of aromatic nitrogens is 2. The number of halogens is 1. The van der Waals surface area contributed by atoms with Crippen LogP contribution in [0.5, 0.6) is 23.1 Å². The summed E-state index contributed by atoms with van der Waals surface area (Å²) in [4.78, 5) is 8.91. The molecule has 0 bridgehead atoms. The van der Waals surface area contributed by atoms with Gasteiger partial charge in [-0.1, -0.05) is 0 Å². The number of fused-ring (bicyclic) bond motifs is 1. The Balaban J connectivity index is 2.04. The van der Waals surface area contributed by atoms with Crippen LogP contribution in [0.15, 0.2) is 41.6 Å². The third kappa shape index (κ3) is 3.07. The lowest BCUT2D eigenvalue weighted by Crippen LogP contribution is -1.95. The Morgan fingerprint density at radius 3 is 2.42 bits per heavy atom. The largest absolute Gasteiger partial charge is 0.493 e. The fourth-order valence-corrected chi connectivity index (χ4v) is 2.72. The van der Waals surface area contributed by atoms with E-state index in [-0.39, 0.29) is 5.82 Å². The molecular formula is C17H15FN2O3S. The summed E-state index contributed by atoms with van der Waals surface area (Å²) in [7, 11) is 3.10. The van der Waals surface area contributed by atoms with Crippen molar-refractivity contribution < 1.29 is 18.6 Å². The quantitative estimate of drug-likeness (QED) is 0.642. The van der Waals surface area contributed by atoms with Crippen LogP contribution >= 0.6 is 11.8 Å². The highest BCUT2D eigenvalue weighted by atomic mass is 32.2. The molecule has 1 aromatic heterocycles. The van der Waals surface area contributed by atoms with Gasteiger partial charge in [0.05, 0.1) is 25.1 Å². The number of nitrogens with zero attached hydrogens (tertiary/aromatic N) is 2. The van der Waals surface area contributed by atoms with Gasteiger partial charge in [0.25, 0.3) is 0 Å². The first-order valence-corrected chi connectivity index (χ1v) is 8.27. The monoisotopic (exact) mass is 346 g/mol. The summed E-state index contributed by atoms with van der Waals surface area (Å²) in [6.07, 6.45) is 3.20. The van der Waals surface area contributed by atoms with Crippen LogP contribution in [-0.4, -0.2) is 30.4 Å². The molecule has 124 valence electrons. The van der Waals surface area contributed by atoms with Gasteiger partial charge >= 0.3 is 0 Å². The van der Waals surface area contributed by atoms with Crippen LogP contribution in [0.3, 0.4) is 0 Å². The number of benzene rings is 2. The van der Waals surface area contributed by atoms with Crippen LogP contribution in [0.2, 0.25) is 0 Å². The van der Waals surface area contributed by atoms with Crippen LogP contribution in [-0.2, 0) is 0 Å². The molecule has 1 heterocycles. The summed E-state index contributed by atoms with van der Waals surface area (Å²) < 4.78 is 30.2. The third-order valence-electron chi connectivity index (χ3n) is 3.44. The van der Waals surface area contributed by atoms with Crippen LogP contribution in [0.25, 0.3) is 10.9 Å². The molecule has 3 rings (SSSR count). The van der Waals surface area contributed by atoms with Crippen LogP contribution < -0.4 is 14.2 Å². The fraction of sp³-hybridized carbons (Fsp3) is 0.176. The third-order valence-corrected chi connectivity index (χ3v) is 4.21. The number of thioether (sulfide) groups is 1. The van der Waals surface area contributed by atoms with Gasteiger partial charge in [0.2, 0.25) is 5.88 Å². The summed E-state index contributed by atoms with van der Waals surface area (Å²) >= 11 is 1.34. The molecule has 0 amide bonds. The highest BCUT2D eigenvalue weighted by molar-refractivity contribution is 7.98. The van der Waals surface area contributed by atoms with Crippen molar-refractivity contribution in [1.29, 1.82) is 0 Å². The zero-order chi connectivity index (χ0) is 17.1. The number of hydrogen-bond donors (Lipinski definition) is 0. The highest BCUT2D eigenvalue weighted by Crippen LogP contribution is 2.36. The lowest BCUT2D eigenvalue weighted by atomic mass is 10.2. The molecule has 7 heteroatoms. The molecule has 5 nitrogen and oxygen atoms in total. The van der Waals surface area contributed by atoms with Gasteiger partial charge in [0, 0.05) is 17.0 Å². The van der Waals surface area contributed by atoms with Gasteiger partial charge in [-0.15, -0.1) is 11.8 Å². The van der Waals surface area contributed by atoms with Crippen LogP contribution in [0, 0.1) is 5.82 Å². The molecule has 0 aliphatic carbocycles. The summed E-state index contributed by atoms with van der Waals surface area (Å²) in [6.45, 7) is 0. The summed E-state index contributed by atoms with van der Waals surface area (Å²) in [6, 6.07) is 8.17. The first-order chi connectivity index (χ1) is 11.7. The van der Waals surface area contributed by atoms with E-state index in [0.717, 1.165) is 0 Å². The lowest BCUT2D eigenvalue weighted by Gasteiger charge is -2.11. The first kappa shape index (κ1) is 16.3. The second-order valence-corrected chi connectivity index (χ2v) is 5.65. The maximum Gasteiger partial charge on any atom is 0.230 e. The Hall–Kier alpha value is -2.54. The molecule has 0 unspecified atom stereocenters. The Labute approximate surface area is 142 Å². The summed E-state index contributed by atoms with van der Waals surface area (Å²) in [5, 5.41) is 0.643. The van der Waals surface area contributed by atoms with Gasteiger partial charge in [0.15, 0.2) is 11.5 Å². The van der Waals surface area contributed by atoms with E-state index in [1.807, 2.05) is 6.26 Å². The molecule has 3 aromatic rings. The molecule has 0 aliphatic heterocycles. The Bertz CT molecular complexity index is 889. The molecule has 0 radical (unpaired) electrons. The van der Waals surface area contributed by atoms with Crippen molar-refractivity contribution in [1.82, 2.24) is 9.97 Å². The number of hydrogen-bond acceptors (Lipinski definition) is 6. The van der Waals surface area contributed by atoms with Crippen LogP contribution in [0.1, 0.15) is 0 Å². The van der Waals surface area contributed by atoms with Crippen molar-refractivity contribution in [3.63, 3.8) is 0 Å². The van der Waals surface area contributed by atoms with Gasteiger partial charge in [-0.2, -0.15) is 0 Å². The number of rotatable bonds is 5. The van der Waals surface area contributed by atoms with Gasteiger partial charge in [-0.3, -0.25) is 0 Å². The van der Waals surface area contributed by atoms with Crippen molar-refractivity contribution in [3.05, 3.63) is 42.5 Å². The molecule has 0 fully saturated rings. The van der Waals surface area contributed by atoms with E-state index >= 15 is 0 Å². The maximum absolute atomic E-state index is 13.9. The Morgan fingerprint density at radius 2 is 1.75 bits per heavy atom. The van der Waals surface area contributed by atoms with Gasteiger partial charge in [0.1, 0.15) is 17.9 Å². The zero-order valence-corrected chi connectivity index (χ0v) is 14.2. The van der Waals surface area contributed by atoms with Crippen molar-refractivity contribution in [2.45, 2.75) is 4.90 Å². The van der Waals surface area contributed by atoms with Crippen LogP contribution in [0.4, 0.5) is 4.39 Å². The van der Waals surface area contributed by atoms with E-state index in [0.29, 0.717) is 38.9 Å². The van der Waals surface area contributed by atoms with Gasteiger partial charge in [-0.05, 0) is 24.5 Å². The first-order valence-electron chi connectivity index (χ1n) is 7.04. The topological polar surface area (TPSA) is 53.5 Å². The average molecular weight is 346 g/mol. The standard InChI is InChI=1S/C17H15FN2O3S/c1-21-14-7-11-13(8-15(14)22-2)19-9-20-17(11)23-10-4-5-16(24-3)12(18)6-10/h4-9H,1-3H3. The lowest BCUT2D eigenvalue weighted by molar-refractivity contribution is 0.355. The van der Waals surface area contributed by atoms with Gasteiger partial charge < -0.3 is 14.2 Å². The Morgan fingerprint density at radius 1 is 1.00 bits per heavy atom. The minimum atomic E-state index is -0.336. The smallest absolute Gasteiger partial charge is 0.230 e. The van der Waals surface area contributed by atoms with Gasteiger partial charge in [-0.25, -0.2) is 14.4 Å². The van der Waals surface area contributed by atoms with E-state index in [1.54, 1.807) is 38.5 Å². The van der Waals surface area contributed by atoms with Crippen molar-refractivity contribution in [2.24, 2.45) is 0 Å². The minimum absolute atomic E-state index is 0.317. The van der Waals surface area contributed by atoms with E-state index < -0.39 is 0 Å².